The average Bonchev–Trinajstić information content (AvgIpc) is 2.61. The van der Waals surface area contributed by atoms with Crippen molar-refractivity contribution in [2.75, 3.05) is 4.90 Å². The Labute approximate surface area is 136 Å². The molecule has 1 heterocycles. The molecule has 1 aromatic heterocycles. The molecule has 4 heteroatoms. The van der Waals surface area contributed by atoms with Crippen LogP contribution >= 0.6 is 0 Å². The van der Waals surface area contributed by atoms with E-state index < -0.39 is 0 Å². The Balaban J connectivity index is 1.89. The lowest BCUT2D eigenvalue weighted by molar-refractivity contribution is -0.123. The number of para-hydroxylation sites is 2. The lowest BCUT2D eigenvalue weighted by Crippen LogP contribution is -2.37. The summed E-state index contributed by atoms with van der Waals surface area (Å²) in [6.07, 6.45) is 7.02. The quantitative estimate of drug-likeness (QED) is 0.931. The van der Waals surface area contributed by atoms with Crippen molar-refractivity contribution in [3.63, 3.8) is 0 Å². The maximum absolute atomic E-state index is 13.0. The van der Waals surface area contributed by atoms with Crippen LogP contribution in [0, 0.1) is 5.92 Å². The Hall–Kier alpha value is -2.36. The maximum atomic E-state index is 13.0. The minimum absolute atomic E-state index is 0.0482. The molecular weight excluding hydrogens is 288 g/mol. The van der Waals surface area contributed by atoms with E-state index >= 15 is 0 Å². The number of carbonyl (C=O) groups is 1. The highest BCUT2D eigenvalue weighted by atomic mass is 16.3. The molecule has 1 aliphatic rings. The van der Waals surface area contributed by atoms with Gasteiger partial charge in [-0.25, -0.2) is 0 Å². The van der Waals surface area contributed by atoms with Crippen molar-refractivity contribution in [2.45, 2.75) is 38.6 Å². The summed E-state index contributed by atoms with van der Waals surface area (Å²) in [4.78, 5) is 19.1. The van der Waals surface area contributed by atoms with Gasteiger partial charge in [0.05, 0.1) is 17.9 Å². The van der Waals surface area contributed by atoms with Gasteiger partial charge in [0.15, 0.2) is 0 Å². The predicted octanol–water partition coefficient (Wildman–Crippen LogP) is 3.90. The van der Waals surface area contributed by atoms with Crippen LogP contribution in [0.25, 0.3) is 0 Å². The van der Waals surface area contributed by atoms with Gasteiger partial charge in [0, 0.05) is 12.1 Å². The standard InChI is InChI=1S/C19H22N2O2/c22-18-12-5-4-11-17(18)21(14-16-10-6-7-13-20-16)19(23)15-8-2-1-3-9-15/h4-7,10-13,15,22H,1-3,8-9,14H2. The van der Waals surface area contributed by atoms with Crippen molar-refractivity contribution in [1.82, 2.24) is 4.98 Å². The van der Waals surface area contributed by atoms with Crippen molar-refractivity contribution in [3.8, 4) is 5.75 Å². The first kappa shape index (κ1) is 15.5. The summed E-state index contributed by atoms with van der Waals surface area (Å²) in [5.41, 5.74) is 1.38. The number of nitrogens with zero attached hydrogens (tertiary/aromatic N) is 2. The molecule has 23 heavy (non-hydrogen) atoms. The summed E-state index contributed by atoms with van der Waals surface area (Å²) in [5.74, 6) is 0.275. The molecule has 0 atom stereocenters. The lowest BCUT2D eigenvalue weighted by atomic mass is 9.88. The van der Waals surface area contributed by atoms with Gasteiger partial charge in [0.25, 0.3) is 0 Å². The van der Waals surface area contributed by atoms with E-state index in [2.05, 4.69) is 4.98 Å². The SMILES string of the molecule is O=C(C1CCCCC1)N(Cc1ccccn1)c1ccccc1O. The van der Waals surface area contributed by atoms with Gasteiger partial charge in [0.2, 0.25) is 5.91 Å². The molecule has 1 saturated carbocycles. The molecule has 2 aromatic rings. The van der Waals surface area contributed by atoms with Crippen molar-refractivity contribution in [3.05, 3.63) is 54.4 Å². The molecular formula is C19H22N2O2. The van der Waals surface area contributed by atoms with E-state index in [1.807, 2.05) is 24.3 Å². The van der Waals surface area contributed by atoms with Gasteiger partial charge in [0.1, 0.15) is 5.75 Å². The number of phenols is 1. The molecule has 0 spiro atoms. The number of benzene rings is 1. The normalized spacial score (nSPS) is 15.3. The number of aromatic nitrogens is 1. The molecule has 1 fully saturated rings. The fourth-order valence-corrected chi connectivity index (χ4v) is 3.20. The van der Waals surface area contributed by atoms with E-state index in [1.54, 1.807) is 29.3 Å². The number of amides is 1. The third kappa shape index (κ3) is 3.70. The molecule has 0 bridgehead atoms. The molecule has 0 saturated heterocycles. The zero-order chi connectivity index (χ0) is 16.1. The zero-order valence-corrected chi connectivity index (χ0v) is 13.2. The van der Waals surface area contributed by atoms with Gasteiger partial charge >= 0.3 is 0 Å². The third-order valence-corrected chi connectivity index (χ3v) is 4.44. The Morgan fingerprint density at radius 2 is 1.83 bits per heavy atom. The van der Waals surface area contributed by atoms with Gasteiger partial charge in [-0.1, -0.05) is 37.5 Å². The number of phenolic OH excluding ortho intramolecular Hbond substituents is 1. The number of rotatable bonds is 4. The van der Waals surface area contributed by atoms with Crippen LogP contribution < -0.4 is 4.90 Å². The van der Waals surface area contributed by atoms with E-state index in [4.69, 9.17) is 0 Å². The van der Waals surface area contributed by atoms with Crippen LogP contribution in [-0.2, 0) is 11.3 Å². The Bertz CT molecular complexity index is 651. The van der Waals surface area contributed by atoms with Gasteiger partial charge in [-0.15, -0.1) is 0 Å². The first-order valence-electron chi connectivity index (χ1n) is 8.25. The van der Waals surface area contributed by atoms with Crippen molar-refractivity contribution >= 4 is 11.6 Å². The minimum Gasteiger partial charge on any atom is -0.506 e. The van der Waals surface area contributed by atoms with E-state index in [0.29, 0.717) is 12.2 Å². The van der Waals surface area contributed by atoms with Crippen molar-refractivity contribution in [2.24, 2.45) is 5.92 Å². The Kier molecular flexibility index (Phi) is 4.91. The number of aromatic hydroxyl groups is 1. The van der Waals surface area contributed by atoms with Crippen LogP contribution in [0.1, 0.15) is 37.8 Å². The number of anilines is 1. The maximum Gasteiger partial charge on any atom is 0.230 e. The highest BCUT2D eigenvalue weighted by molar-refractivity contribution is 5.96. The molecule has 1 aliphatic carbocycles. The Morgan fingerprint density at radius 3 is 2.52 bits per heavy atom. The summed E-state index contributed by atoms with van der Waals surface area (Å²) in [6.45, 7) is 0.383. The van der Waals surface area contributed by atoms with Crippen LogP contribution in [0.4, 0.5) is 5.69 Å². The fourth-order valence-electron chi connectivity index (χ4n) is 3.20. The summed E-state index contributed by atoms with van der Waals surface area (Å²) in [6, 6.07) is 12.7. The first-order chi connectivity index (χ1) is 11.3. The van der Waals surface area contributed by atoms with Crippen LogP contribution in [0.3, 0.4) is 0 Å². The number of hydrogen-bond acceptors (Lipinski definition) is 3. The average molecular weight is 310 g/mol. The van der Waals surface area contributed by atoms with E-state index in [9.17, 15) is 9.90 Å². The summed E-state index contributed by atoms with van der Waals surface area (Å²) >= 11 is 0. The topological polar surface area (TPSA) is 53.4 Å². The van der Waals surface area contributed by atoms with Gasteiger partial charge in [-0.3, -0.25) is 9.78 Å². The van der Waals surface area contributed by atoms with E-state index in [0.717, 1.165) is 31.4 Å². The third-order valence-electron chi connectivity index (χ3n) is 4.44. The minimum atomic E-state index is 0.0482. The van der Waals surface area contributed by atoms with Crippen LogP contribution in [-0.4, -0.2) is 16.0 Å². The number of hydrogen-bond donors (Lipinski definition) is 1. The summed E-state index contributed by atoms with van der Waals surface area (Å²) in [7, 11) is 0. The van der Waals surface area contributed by atoms with Gasteiger partial charge in [-0.2, -0.15) is 0 Å². The molecule has 1 N–H and O–H groups in total. The number of pyridine rings is 1. The lowest BCUT2D eigenvalue weighted by Gasteiger charge is -2.29. The van der Waals surface area contributed by atoms with Gasteiger partial charge < -0.3 is 10.0 Å². The Morgan fingerprint density at radius 1 is 1.09 bits per heavy atom. The van der Waals surface area contributed by atoms with Gasteiger partial charge in [-0.05, 0) is 37.1 Å². The second-order valence-electron chi connectivity index (χ2n) is 6.07. The molecule has 4 nitrogen and oxygen atoms in total. The van der Waals surface area contributed by atoms with Crippen molar-refractivity contribution < 1.29 is 9.90 Å². The molecule has 1 aromatic carbocycles. The second-order valence-corrected chi connectivity index (χ2v) is 6.07. The monoisotopic (exact) mass is 310 g/mol. The van der Waals surface area contributed by atoms with E-state index in [-0.39, 0.29) is 17.6 Å². The molecule has 0 unspecified atom stereocenters. The molecule has 1 amide bonds. The molecule has 0 radical (unpaired) electrons. The molecule has 120 valence electrons. The summed E-state index contributed by atoms with van der Waals surface area (Å²) < 4.78 is 0. The zero-order valence-electron chi connectivity index (χ0n) is 13.2. The van der Waals surface area contributed by atoms with Crippen LogP contribution in [0.15, 0.2) is 48.7 Å². The first-order valence-corrected chi connectivity index (χ1v) is 8.25. The van der Waals surface area contributed by atoms with E-state index in [1.165, 1.54) is 6.42 Å². The highest BCUT2D eigenvalue weighted by Crippen LogP contribution is 2.32. The molecule has 3 rings (SSSR count). The van der Waals surface area contributed by atoms with Crippen LogP contribution in [0.2, 0.25) is 0 Å². The largest absolute Gasteiger partial charge is 0.506 e. The molecule has 0 aliphatic heterocycles. The predicted molar refractivity (Wildman–Crippen MR) is 90.1 cm³/mol. The smallest absolute Gasteiger partial charge is 0.230 e. The summed E-state index contributed by atoms with van der Waals surface area (Å²) in [5, 5.41) is 10.2. The van der Waals surface area contributed by atoms with Crippen LogP contribution in [0.5, 0.6) is 5.75 Å². The van der Waals surface area contributed by atoms with Crippen molar-refractivity contribution in [1.29, 1.82) is 0 Å². The fraction of sp³-hybridized carbons (Fsp3) is 0.368. The number of carbonyl (C=O) groups excluding carboxylic acids is 1. The highest BCUT2D eigenvalue weighted by Gasteiger charge is 2.28. The second kappa shape index (κ2) is 7.27.